The molecule has 0 aliphatic heterocycles. The van der Waals surface area contributed by atoms with Crippen molar-refractivity contribution in [2.45, 2.75) is 64.7 Å². The zero-order chi connectivity index (χ0) is 15.9. The average molecular weight is 296 g/mol. The van der Waals surface area contributed by atoms with Crippen LogP contribution < -0.4 is 0 Å². The summed E-state index contributed by atoms with van der Waals surface area (Å²) in [6.07, 6.45) is 16.1. The number of hydrogen-bond acceptors (Lipinski definition) is 2. The summed E-state index contributed by atoms with van der Waals surface area (Å²) in [6, 6.07) is 0. The van der Waals surface area contributed by atoms with Crippen molar-refractivity contribution in [3.63, 3.8) is 0 Å². The second kappa shape index (κ2) is 13.4. The van der Waals surface area contributed by atoms with E-state index in [2.05, 4.69) is 19.1 Å². The fraction of sp³-hybridized carbons (Fsp3) is 0.647. The van der Waals surface area contributed by atoms with Crippen molar-refractivity contribution in [2.75, 3.05) is 0 Å². The first kappa shape index (κ1) is 19.4. The molecule has 0 radical (unpaired) electrons. The molecule has 0 saturated carbocycles. The lowest BCUT2D eigenvalue weighted by atomic mass is 10.0. The molecule has 2 N–H and O–H groups in total. The van der Waals surface area contributed by atoms with Crippen LogP contribution in [0.1, 0.15) is 64.7 Å². The Kier molecular flexibility index (Phi) is 12.4. The minimum Gasteiger partial charge on any atom is -0.481 e. The molecule has 0 heterocycles. The van der Waals surface area contributed by atoms with Crippen LogP contribution >= 0.6 is 0 Å². The summed E-state index contributed by atoms with van der Waals surface area (Å²) in [5, 5.41) is 17.5. The van der Waals surface area contributed by atoms with Gasteiger partial charge >= 0.3 is 11.9 Å². The van der Waals surface area contributed by atoms with Crippen LogP contribution in [-0.2, 0) is 9.59 Å². The van der Waals surface area contributed by atoms with Crippen molar-refractivity contribution < 1.29 is 19.8 Å². The maximum Gasteiger partial charge on any atom is 0.307 e. The number of rotatable bonds is 13. The molecule has 4 nitrogen and oxygen atoms in total. The van der Waals surface area contributed by atoms with Gasteiger partial charge in [-0.3, -0.25) is 9.59 Å². The molecule has 0 rings (SSSR count). The monoisotopic (exact) mass is 296 g/mol. The molecule has 21 heavy (non-hydrogen) atoms. The Bertz CT molecular complexity index is 345. The third kappa shape index (κ3) is 13.2. The van der Waals surface area contributed by atoms with Gasteiger partial charge in [0.2, 0.25) is 0 Å². The maximum absolute atomic E-state index is 10.8. The van der Waals surface area contributed by atoms with Crippen molar-refractivity contribution >= 4 is 11.9 Å². The summed E-state index contributed by atoms with van der Waals surface area (Å²) in [5.41, 5.74) is 0. The van der Waals surface area contributed by atoms with Crippen LogP contribution in [0.15, 0.2) is 24.3 Å². The molecule has 0 aliphatic carbocycles. The Morgan fingerprint density at radius 2 is 1.48 bits per heavy atom. The highest BCUT2D eigenvalue weighted by Crippen LogP contribution is 2.11. The van der Waals surface area contributed by atoms with E-state index in [-0.39, 0.29) is 6.42 Å². The summed E-state index contributed by atoms with van der Waals surface area (Å²) in [6.45, 7) is 2.13. The van der Waals surface area contributed by atoms with Crippen LogP contribution in [0, 0.1) is 5.92 Å². The third-order valence-corrected chi connectivity index (χ3v) is 3.25. The Morgan fingerprint density at radius 1 is 0.905 bits per heavy atom. The molecule has 0 spiro atoms. The van der Waals surface area contributed by atoms with Crippen molar-refractivity contribution in [3.05, 3.63) is 24.3 Å². The van der Waals surface area contributed by atoms with Crippen LogP contribution in [0.4, 0.5) is 0 Å². The summed E-state index contributed by atoms with van der Waals surface area (Å²) < 4.78 is 0. The molecule has 0 bridgehead atoms. The van der Waals surface area contributed by atoms with Crippen molar-refractivity contribution in [3.8, 4) is 0 Å². The van der Waals surface area contributed by atoms with E-state index in [9.17, 15) is 9.59 Å². The van der Waals surface area contributed by atoms with Gasteiger partial charge < -0.3 is 10.2 Å². The van der Waals surface area contributed by atoms with Gasteiger partial charge in [0.05, 0.1) is 12.3 Å². The van der Waals surface area contributed by atoms with E-state index in [1.165, 1.54) is 19.3 Å². The SMILES string of the molecule is CC/C=C/CCCCCC/C=C/CC(CC(=O)O)C(=O)O. The lowest BCUT2D eigenvalue weighted by Crippen LogP contribution is -2.16. The molecule has 0 aromatic carbocycles. The molecular formula is C17H28O4. The standard InChI is InChI=1S/C17H28O4/c1-2-3-4-5-6-7-8-9-10-11-12-13-15(17(20)21)14-16(18)19/h3-4,11-12,15H,2,5-10,13-14H2,1H3,(H,18,19)(H,20,21)/b4-3+,12-11+. The largest absolute Gasteiger partial charge is 0.481 e. The van der Waals surface area contributed by atoms with Crippen LogP contribution in [0.5, 0.6) is 0 Å². The van der Waals surface area contributed by atoms with Crippen LogP contribution in [-0.4, -0.2) is 22.2 Å². The van der Waals surface area contributed by atoms with Gasteiger partial charge in [-0.2, -0.15) is 0 Å². The van der Waals surface area contributed by atoms with Gasteiger partial charge in [0.15, 0.2) is 0 Å². The van der Waals surface area contributed by atoms with Crippen molar-refractivity contribution in [1.82, 2.24) is 0 Å². The Labute approximate surface area is 127 Å². The molecular weight excluding hydrogens is 268 g/mol. The second-order valence-corrected chi connectivity index (χ2v) is 5.21. The van der Waals surface area contributed by atoms with E-state index in [1.54, 1.807) is 6.08 Å². The minimum atomic E-state index is -1.06. The van der Waals surface area contributed by atoms with E-state index < -0.39 is 17.9 Å². The summed E-state index contributed by atoms with van der Waals surface area (Å²) in [4.78, 5) is 21.4. The number of carboxylic acid groups (broad SMARTS) is 2. The Morgan fingerprint density at radius 3 is 1.95 bits per heavy atom. The Balaban J connectivity index is 3.60. The lowest BCUT2D eigenvalue weighted by molar-refractivity contribution is -0.148. The normalized spacial score (nSPS) is 13.0. The Hall–Kier alpha value is -1.58. The molecule has 120 valence electrons. The van der Waals surface area contributed by atoms with Gasteiger partial charge in [0.1, 0.15) is 0 Å². The van der Waals surface area contributed by atoms with Crippen LogP contribution in [0.3, 0.4) is 0 Å². The van der Waals surface area contributed by atoms with E-state index in [0.29, 0.717) is 6.42 Å². The number of carboxylic acids is 2. The molecule has 4 heteroatoms. The topological polar surface area (TPSA) is 74.6 Å². The summed E-state index contributed by atoms with van der Waals surface area (Å²) in [7, 11) is 0. The van der Waals surface area contributed by atoms with Crippen LogP contribution in [0.2, 0.25) is 0 Å². The first-order valence-electron chi connectivity index (χ1n) is 7.82. The molecule has 0 amide bonds. The van der Waals surface area contributed by atoms with Crippen LogP contribution in [0.25, 0.3) is 0 Å². The van der Waals surface area contributed by atoms with Gasteiger partial charge in [-0.25, -0.2) is 0 Å². The minimum absolute atomic E-state index is 0.295. The molecule has 0 aromatic heterocycles. The predicted octanol–water partition coefficient (Wildman–Crippen LogP) is 4.42. The number of unbranched alkanes of at least 4 members (excludes halogenated alkanes) is 5. The highest BCUT2D eigenvalue weighted by Gasteiger charge is 2.18. The molecule has 0 aliphatic rings. The first-order valence-corrected chi connectivity index (χ1v) is 7.82. The quantitative estimate of drug-likeness (QED) is 0.390. The van der Waals surface area contributed by atoms with E-state index >= 15 is 0 Å². The van der Waals surface area contributed by atoms with E-state index in [1.807, 2.05) is 6.08 Å². The smallest absolute Gasteiger partial charge is 0.307 e. The molecule has 0 aromatic rings. The zero-order valence-corrected chi connectivity index (χ0v) is 13.0. The second-order valence-electron chi connectivity index (χ2n) is 5.21. The van der Waals surface area contributed by atoms with Gasteiger partial charge in [-0.1, -0.05) is 44.1 Å². The summed E-state index contributed by atoms with van der Waals surface area (Å²) >= 11 is 0. The van der Waals surface area contributed by atoms with Gasteiger partial charge in [-0.15, -0.1) is 0 Å². The first-order chi connectivity index (χ1) is 10.1. The number of allylic oxidation sites excluding steroid dienone is 4. The van der Waals surface area contributed by atoms with Crippen molar-refractivity contribution in [1.29, 1.82) is 0 Å². The van der Waals surface area contributed by atoms with Gasteiger partial charge in [0, 0.05) is 0 Å². The molecule has 1 atom stereocenters. The zero-order valence-electron chi connectivity index (χ0n) is 13.0. The van der Waals surface area contributed by atoms with E-state index in [4.69, 9.17) is 10.2 Å². The molecule has 0 fully saturated rings. The number of hydrogen-bond donors (Lipinski definition) is 2. The van der Waals surface area contributed by atoms with Crippen molar-refractivity contribution in [2.24, 2.45) is 5.92 Å². The molecule has 1 unspecified atom stereocenters. The average Bonchev–Trinajstić information content (AvgIpc) is 2.42. The third-order valence-electron chi connectivity index (χ3n) is 3.25. The highest BCUT2D eigenvalue weighted by atomic mass is 16.4. The highest BCUT2D eigenvalue weighted by molar-refractivity contribution is 5.77. The van der Waals surface area contributed by atoms with Gasteiger partial charge in [-0.05, 0) is 38.5 Å². The molecule has 0 saturated heterocycles. The predicted molar refractivity (Wildman–Crippen MR) is 84.3 cm³/mol. The number of carbonyl (C=O) groups is 2. The summed E-state index contributed by atoms with van der Waals surface area (Å²) in [5.74, 6) is -2.92. The van der Waals surface area contributed by atoms with E-state index in [0.717, 1.165) is 25.7 Å². The lowest BCUT2D eigenvalue weighted by Gasteiger charge is -2.05. The number of aliphatic carboxylic acids is 2. The maximum atomic E-state index is 10.8. The van der Waals surface area contributed by atoms with Gasteiger partial charge in [0.25, 0.3) is 0 Å². The fourth-order valence-electron chi connectivity index (χ4n) is 2.02. The fourth-order valence-corrected chi connectivity index (χ4v) is 2.02.